The fourth-order valence-electron chi connectivity index (χ4n) is 5.13. The largest absolute Gasteiger partial charge is 0.497 e. The van der Waals surface area contributed by atoms with Crippen LogP contribution in [0.15, 0.2) is 58.3 Å². The molecule has 1 fully saturated rings. The fraction of sp³-hybridized carbons (Fsp3) is 0.300. The number of methoxy groups -OCH3 is 2. The van der Waals surface area contributed by atoms with Crippen molar-refractivity contribution < 1.29 is 36.6 Å². The molecular formula is C30H32F2N6O6S2. The number of nitrogens with zero attached hydrogens (tertiary/aromatic N) is 4. The highest BCUT2D eigenvalue weighted by atomic mass is 32.2. The quantitative estimate of drug-likeness (QED) is 0.165. The average molecular weight is 675 g/mol. The van der Waals surface area contributed by atoms with Crippen LogP contribution in [0, 0.1) is 11.6 Å². The molecule has 0 aliphatic carbocycles. The van der Waals surface area contributed by atoms with Crippen LogP contribution in [0.4, 0.5) is 31.0 Å². The summed E-state index contributed by atoms with van der Waals surface area (Å²) >= 11 is 1.03. The molecule has 46 heavy (non-hydrogen) atoms. The number of amides is 1. The highest BCUT2D eigenvalue weighted by Crippen LogP contribution is 2.31. The van der Waals surface area contributed by atoms with Crippen LogP contribution in [0.1, 0.15) is 29.5 Å². The number of benzene rings is 2. The number of anilines is 3. The number of pyridine rings is 1. The van der Waals surface area contributed by atoms with Gasteiger partial charge in [0.05, 0.1) is 19.7 Å². The summed E-state index contributed by atoms with van der Waals surface area (Å²) in [6.45, 7) is 1.72. The second-order valence-corrected chi connectivity index (χ2v) is 12.8. The summed E-state index contributed by atoms with van der Waals surface area (Å²) in [6.07, 6.45) is 0.218. The van der Waals surface area contributed by atoms with E-state index in [1.807, 2.05) is 0 Å². The molecule has 2 aromatic heterocycles. The number of carbonyl (C=O) groups is 1. The van der Waals surface area contributed by atoms with Crippen LogP contribution in [-0.2, 0) is 29.7 Å². The third-order valence-electron chi connectivity index (χ3n) is 7.46. The molecule has 12 nitrogen and oxygen atoms in total. The van der Waals surface area contributed by atoms with E-state index < -0.39 is 32.6 Å². The lowest BCUT2D eigenvalue weighted by molar-refractivity contribution is 0.206. The number of carboxylic acid groups (broad SMARTS) is 1. The van der Waals surface area contributed by atoms with Crippen LogP contribution in [0.5, 0.6) is 11.5 Å². The molecule has 0 spiro atoms. The van der Waals surface area contributed by atoms with Gasteiger partial charge in [0.15, 0.2) is 5.82 Å². The molecule has 3 heterocycles. The van der Waals surface area contributed by atoms with Crippen LogP contribution in [-0.4, -0.2) is 61.8 Å². The Kier molecular flexibility index (Phi) is 10.2. The summed E-state index contributed by atoms with van der Waals surface area (Å²) in [5, 5.41) is 17.1. The van der Waals surface area contributed by atoms with Gasteiger partial charge in [-0.25, -0.2) is 32.0 Å². The molecule has 0 unspecified atom stereocenters. The lowest BCUT2D eigenvalue weighted by Crippen LogP contribution is -2.36. The van der Waals surface area contributed by atoms with E-state index in [0.29, 0.717) is 17.1 Å². The number of halogens is 2. The summed E-state index contributed by atoms with van der Waals surface area (Å²) in [5.74, 6) is -0.473. The van der Waals surface area contributed by atoms with E-state index in [9.17, 15) is 22.7 Å². The number of hydrogen-bond donors (Lipinski definition) is 3. The van der Waals surface area contributed by atoms with E-state index >= 15 is 4.39 Å². The Morgan fingerprint density at radius 1 is 1.02 bits per heavy atom. The van der Waals surface area contributed by atoms with Gasteiger partial charge in [0.25, 0.3) is 10.0 Å². The third kappa shape index (κ3) is 7.13. The average Bonchev–Trinajstić information content (AvgIpc) is 3.76. The topological polar surface area (TPSA) is 146 Å². The van der Waals surface area contributed by atoms with Gasteiger partial charge in [-0.1, -0.05) is 0 Å². The van der Waals surface area contributed by atoms with E-state index in [4.69, 9.17) is 9.47 Å². The van der Waals surface area contributed by atoms with E-state index in [1.54, 1.807) is 18.2 Å². The summed E-state index contributed by atoms with van der Waals surface area (Å²) in [5.41, 5.74) is 2.29. The van der Waals surface area contributed by atoms with Crippen molar-refractivity contribution in [3.8, 4) is 11.5 Å². The maximum absolute atomic E-state index is 15.0. The van der Waals surface area contributed by atoms with Gasteiger partial charge in [-0.15, -0.1) is 15.6 Å². The predicted molar refractivity (Wildman–Crippen MR) is 169 cm³/mol. The number of aromatic nitrogens is 2. The molecule has 244 valence electrons. The Labute approximate surface area is 268 Å². The molecule has 5 rings (SSSR count). The standard InChI is InChI=1S/C30H32F2N6O6S2/c1-43-20-6-5-19(25(13-20)44-2)14-34-29-26(46(41,42)38(30(39)40)28-17-45-18-35-28)9-10-27(36-29)33-15-21-22(16-37-11-3-4-12-37)24(32)8-7-23(21)31/h5-10,13,17-18H,3-4,11-12,14-16H2,1-2H3,(H,39,40)(H2,33,34,36). The maximum atomic E-state index is 15.0. The second kappa shape index (κ2) is 14.3. The number of nitrogens with one attached hydrogen (secondary N) is 2. The number of ether oxygens (including phenoxy) is 2. The minimum atomic E-state index is -4.74. The van der Waals surface area contributed by atoms with Crippen molar-refractivity contribution in [2.45, 2.75) is 37.4 Å². The lowest BCUT2D eigenvalue weighted by Gasteiger charge is -2.21. The summed E-state index contributed by atoms with van der Waals surface area (Å²) < 4.78 is 68.3. The molecule has 0 bridgehead atoms. The van der Waals surface area contributed by atoms with Crippen LogP contribution in [0.2, 0.25) is 0 Å². The first kappa shape index (κ1) is 32.8. The van der Waals surface area contributed by atoms with Crippen LogP contribution in [0.25, 0.3) is 0 Å². The highest BCUT2D eigenvalue weighted by Gasteiger charge is 2.35. The molecule has 3 N–H and O–H groups in total. The zero-order valence-electron chi connectivity index (χ0n) is 25.0. The van der Waals surface area contributed by atoms with Crippen LogP contribution >= 0.6 is 11.3 Å². The Balaban J connectivity index is 1.49. The minimum absolute atomic E-state index is 0.0222. The Hall–Kier alpha value is -4.54. The summed E-state index contributed by atoms with van der Waals surface area (Å²) in [6, 6.07) is 9.75. The Morgan fingerprint density at radius 3 is 2.41 bits per heavy atom. The number of sulfonamides is 1. The molecular weight excluding hydrogens is 642 g/mol. The molecule has 1 amide bonds. The van der Waals surface area contributed by atoms with E-state index in [1.165, 1.54) is 37.2 Å². The maximum Gasteiger partial charge on any atom is 0.427 e. The van der Waals surface area contributed by atoms with Crippen molar-refractivity contribution in [3.63, 3.8) is 0 Å². The van der Waals surface area contributed by atoms with Gasteiger partial charge >= 0.3 is 6.09 Å². The van der Waals surface area contributed by atoms with Crippen LogP contribution in [0.3, 0.4) is 0 Å². The van der Waals surface area contributed by atoms with Crippen molar-refractivity contribution in [2.24, 2.45) is 0 Å². The van der Waals surface area contributed by atoms with Crippen molar-refractivity contribution in [2.75, 3.05) is 42.2 Å². The molecule has 16 heteroatoms. The highest BCUT2D eigenvalue weighted by molar-refractivity contribution is 7.93. The second-order valence-electron chi connectivity index (χ2n) is 10.3. The fourth-order valence-corrected chi connectivity index (χ4v) is 7.06. The number of likely N-dealkylation sites (tertiary alicyclic amines) is 1. The zero-order valence-corrected chi connectivity index (χ0v) is 26.6. The van der Waals surface area contributed by atoms with Gasteiger partial charge in [0.1, 0.15) is 39.7 Å². The van der Waals surface area contributed by atoms with Gasteiger partial charge in [-0.3, -0.25) is 4.90 Å². The molecule has 0 saturated carbocycles. The van der Waals surface area contributed by atoms with Gasteiger partial charge in [0, 0.05) is 47.8 Å². The number of rotatable bonds is 13. The molecule has 1 aliphatic heterocycles. The summed E-state index contributed by atoms with van der Waals surface area (Å²) in [4.78, 5) is 22.1. The van der Waals surface area contributed by atoms with Gasteiger partial charge < -0.3 is 25.2 Å². The van der Waals surface area contributed by atoms with Gasteiger partial charge in [-0.05, 0) is 62.3 Å². The Bertz CT molecular complexity index is 1800. The first-order valence-electron chi connectivity index (χ1n) is 14.2. The van der Waals surface area contributed by atoms with E-state index in [2.05, 4.69) is 25.5 Å². The van der Waals surface area contributed by atoms with Crippen molar-refractivity contribution >= 4 is 44.9 Å². The zero-order chi connectivity index (χ0) is 32.8. The molecule has 1 saturated heterocycles. The van der Waals surface area contributed by atoms with Crippen molar-refractivity contribution in [3.05, 3.63) is 81.7 Å². The monoisotopic (exact) mass is 674 g/mol. The molecule has 2 aromatic carbocycles. The summed E-state index contributed by atoms with van der Waals surface area (Å²) in [7, 11) is -1.76. The first-order valence-corrected chi connectivity index (χ1v) is 16.5. The first-order chi connectivity index (χ1) is 22.1. The minimum Gasteiger partial charge on any atom is -0.497 e. The number of thiazole rings is 1. The SMILES string of the molecule is COc1ccc(CNc2nc(NCc3c(F)ccc(F)c3CN3CCCC3)ccc2S(=O)(=O)N(C(=O)O)c2cscn2)c(OC)c1. The van der Waals surface area contributed by atoms with Crippen molar-refractivity contribution in [1.29, 1.82) is 0 Å². The smallest absolute Gasteiger partial charge is 0.427 e. The third-order valence-corrected chi connectivity index (χ3v) is 9.74. The van der Waals surface area contributed by atoms with E-state index in [0.717, 1.165) is 49.4 Å². The predicted octanol–water partition coefficient (Wildman–Crippen LogP) is 5.53. The molecule has 0 radical (unpaired) electrons. The van der Waals surface area contributed by atoms with Gasteiger partial charge in [-0.2, -0.15) is 0 Å². The lowest BCUT2D eigenvalue weighted by atomic mass is 10.1. The molecule has 1 aliphatic rings. The van der Waals surface area contributed by atoms with Crippen molar-refractivity contribution in [1.82, 2.24) is 14.9 Å². The van der Waals surface area contributed by atoms with Gasteiger partial charge in [0.2, 0.25) is 0 Å². The van der Waals surface area contributed by atoms with Crippen LogP contribution < -0.4 is 24.4 Å². The molecule has 0 atom stereocenters. The molecule has 4 aromatic rings. The number of hydrogen-bond acceptors (Lipinski definition) is 11. The van der Waals surface area contributed by atoms with E-state index in [-0.39, 0.29) is 52.5 Å². The normalized spacial score (nSPS) is 13.4. The Morgan fingerprint density at radius 2 is 1.76 bits per heavy atom.